The third kappa shape index (κ3) is 4.51. The van der Waals surface area contributed by atoms with E-state index >= 15 is 0 Å². The highest BCUT2D eigenvalue weighted by Gasteiger charge is 2.39. The van der Waals surface area contributed by atoms with Gasteiger partial charge in [-0.05, 0) is 48.1 Å². The zero-order valence-electron chi connectivity index (χ0n) is 17.2. The topological polar surface area (TPSA) is 89.7 Å². The smallest absolute Gasteiger partial charge is 0.252 e. The zero-order valence-corrected chi connectivity index (χ0v) is 18.1. The Labute approximate surface area is 182 Å². The maximum Gasteiger partial charge on any atom is 0.252 e. The van der Waals surface area contributed by atoms with Gasteiger partial charge in [0.05, 0.1) is 23.7 Å². The second-order valence-corrected chi connectivity index (χ2v) is 10.5. The predicted molar refractivity (Wildman–Crippen MR) is 116 cm³/mol. The van der Waals surface area contributed by atoms with Crippen molar-refractivity contribution in [2.45, 2.75) is 36.7 Å². The van der Waals surface area contributed by atoms with Crippen molar-refractivity contribution >= 4 is 15.7 Å². The number of fused-ring (bicyclic) bond motifs is 1. The lowest BCUT2D eigenvalue weighted by Crippen LogP contribution is -2.49. The van der Waals surface area contributed by atoms with Crippen molar-refractivity contribution in [2.75, 3.05) is 25.4 Å². The van der Waals surface area contributed by atoms with Crippen molar-refractivity contribution < 1.29 is 22.3 Å². The van der Waals surface area contributed by atoms with E-state index in [0.717, 1.165) is 17.5 Å². The number of amides is 1. The van der Waals surface area contributed by atoms with Gasteiger partial charge in [0.15, 0.2) is 9.84 Å². The molecule has 4 rings (SSSR count). The summed E-state index contributed by atoms with van der Waals surface area (Å²) in [6.07, 6.45) is 0.767. The number of carbonyl (C=O) groups excluding carboxylic acids is 1. The molecule has 2 aromatic carbocycles. The molecule has 0 saturated carbocycles. The molecular formula is C23H27FN2O4S. The van der Waals surface area contributed by atoms with Crippen LogP contribution < -0.4 is 5.73 Å². The summed E-state index contributed by atoms with van der Waals surface area (Å²) in [5, 5.41) is -0.616. The molecular weight excluding hydrogens is 419 g/mol. The third-order valence-electron chi connectivity index (χ3n) is 6.17. The lowest BCUT2D eigenvalue weighted by molar-refractivity contribution is -0.148. The third-order valence-corrected chi connectivity index (χ3v) is 8.36. The summed E-state index contributed by atoms with van der Waals surface area (Å²) in [5.74, 6) is -0.556. The molecule has 2 N–H and O–H groups in total. The number of rotatable bonds is 5. The van der Waals surface area contributed by atoms with E-state index < -0.39 is 21.2 Å². The average Bonchev–Trinajstić information content (AvgIpc) is 2.78. The van der Waals surface area contributed by atoms with Crippen molar-refractivity contribution in [1.29, 1.82) is 0 Å². The molecule has 2 heterocycles. The molecule has 0 bridgehead atoms. The fourth-order valence-electron chi connectivity index (χ4n) is 4.53. The number of benzene rings is 2. The summed E-state index contributed by atoms with van der Waals surface area (Å²) >= 11 is 0. The van der Waals surface area contributed by atoms with E-state index in [2.05, 4.69) is 6.07 Å². The first-order valence-corrected chi connectivity index (χ1v) is 12.3. The Morgan fingerprint density at radius 1 is 1.13 bits per heavy atom. The maximum atomic E-state index is 13.5. The standard InChI is InChI=1S/C23H27FN2O4S/c24-18-7-5-17(6-8-18)22-20-4-2-1-3-16(20)11-13-26(22)23(27)21-10-9-19(15-30-21)31(28,29)14-12-25/h1-8,19,21-22H,9-15,25H2/t19-,21-,22+/m1/s1. The largest absolute Gasteiger partial charge is 0.367 e. The van der Waals surface area contributed by atoms with Crippen LogP contribution in [0.1, 0.15) is 35.6 Å². The summed E-state index contributed by atoms with van der Waals surface area (Å²) < 4.78 is 43.8. The Morgan fingerprint density at radius 2 is 1.87 bits per heavy atom. The van der Waals surface area contributed by atoms with Crippen LogP contribution in [0, 0.1) is 5.82 Å². The minimum absolute atomic E-state index is 0.00435. The molecule has 8 heteroatoms. The highest BCUT2D eigenvalue weighted by molar-refractivity contribution is 7.92. The van der Waals surface area contributed by atoms with Gasteiger partial charge in [-0.1, -0.05) is 36.4 Å². The van der Waals surface area contributed by atoms with Crippen LogP contribution in [0.5, 0.6) is 0 Å². The van der Waals surface area contributed by atoms with Crippen molar-refractivity contribution in [3.63, 3.8) is 0 Å². The Kier molecular flexibility index (Phi) is 6.41. The Hall–Kier alpha value is -2.29. The van der Waals surface area contributed by atoms with E-state index in [1.165, 1.54) is 17.7 Å². The van der Waals surface area contributed by atoms with Gasteiger partial charge < -0.3 is 15.4 Å². The molecule has 1 fully saturated rings. The van der Waals surface area contributed by atoms with Gasteiger partial charge >= 0.3 is 0 Å². The number of halogens is 1. The zero-order chi connectivity index (χ0) is 22.0. The van der Waals surface area contributed by atoms with Crippen LogP contribution in [-0.4, -0.2) is 56.0 Å². The number of nitrogens with two attached hydrogens (primary N) is 1. The highest BCUT2D eigenvalue weighted by Crippen LogP contribution is 2.36. The molecule has 0 unspecified atom stereocenters. The number of sulfone groups is 1. The van der Waals surface area contributed by atoms with E-state index in [1.807, 2.05) is 18.2 Å². The van der Waals surface area contributed by atoms with Crippen LogP contribution in [0.25, 0.3) is 0 Å². The van der Waals surface area contributed by atoms with Crippen LogP contribution in [0.3, 0.4) is 0 Å². The molecule has 0 aromatic heterocycles. The van der Waals surface area contributed by atoms with Gasteiger partial charge in [-0.3, -0.25) is 4.79 Å². The van der Waals surface area contributed by atoms with Gasteiger partial charge in [0.1, 0.15) is 11.9 Å². The second-order valence-electron chi connectivity index (χ2n) is 8.11. The molecule has 3 atom stereocenters. The van der Waals surface area contributed by atoms with Gasteiger partial charge in [0, 0.05) is 13.1 Å². The SMILES string of the molecule is NCCS(=O)(=O)[C@@H]1CC[C@H](C(=O)N2CCc3ccccc3[C@@H]2c2ccc(F)cc2)OC1. The summed E-state index contributed by atoms with van der Waals surface area (Å²) in [5.41, 5.74) is 8.43. The first kappa shape index (κ1) is 21.9. The van der Waals surface area contributed by atoms with Gasteiger partial charge in [-0.15, -0.1) is 0 Å². The Bertz CT molecular complexity index is 1030. The first-order chi connectivity index (χ1) is 14.9. The Balaban J connectivity index is 1.56. The molecule has 1 amide bonds. The molecule has 0 spiro atoms. The molecule has 2 aliphatic heterocycles. The first-order valence-electron chi connectivity index (χ1n) is 10.6. The summed E-state index contributed by atoms with van der Waals surface area (Å²) in [6, 6.07) is 13.9. The molecule has 6 nitrogen and oxygen atoms in total. The van der Waals surface area contributed by atoms with E-state index in [0.29, 0.717) is 19.4 Å². The number of hydrogen-bond acceptors (Lipinski definition) is 5. The molecule has 1 saturated heterocycles. The predicted octanol–water partition coefficient (Wildman–Crippen LogP) is 2.22. The van der Waals surface area contributed by atoms with E-state index in [9.17, 15) is 17.6 Å². The second kappa shape index (κ2) is 9.06. The van der Waals surface area contributed by atoms with E-state index in [4.69, 9.17) is 10.5 Å². The summed E-state index contributed by atoms with van der Waals surface area (Å²) in [4.78, 5) is 15.2. The molecule has 31 heavy (non-hydrogen) atoms. The van der Waals surface area contributed by atoms with Crippen LogP contribution in [0.15, 0.2) is 48.5 Å². The molecule has 0 radical (unpaired) electrons. The monoisotopic (exact) mass is 446 g/mol. The normalized spacial score (nSPS) is 23.9. The molecule has 0 aliphatic carbocycles. The van der Waals surface area contributed by atoms with E-state index in [1.54, 1.807) is 17.0 Å². The van der Waals surface area contributed by atoms with Gasteiger partial charge in [0.2, 0.25) is 0 Å². The Morgan fingerprint density at radius 3 is 2.55 bits per heavy atom. The van der Waals surface area contributed by atoms with Crippen LogP contribution >= 0.6 is 0 Å². The van der Waals surface area contributed by atoms with Gasteiger partial charge in [-0.2, -0.15) is 0 Å². The van der Waals surface area contributed by atoms with Crippen molar-refractivity contribution in [1.82, 2.24) is 4.90 Å². The van der Waals surface area contributed by atoms with Gasteiger partial charge in [-0.25, -0.2) is 12.8 Å². The maximum absolute atomic E-state index is 13.5. The van der Waals surface area contributed by atoms with Gasteiger partial charge in [0.25, 0.3) is 5.91 Å². The summed E-state index contributed by atoms with van der Waals surface area (Å²) in [6.45, 7) is 0.602. The quantitative estimate of drug-likeness (QED) is 0.761. The molecule has 2 aromatic rings. The van der Waals surface area contributed by atoms with Crippen molar-refractivity contribution in [3.8, 4) is 0 Å². The average molecular weight is 447 g/mol. The van der Waals surface area contributed by atoms with Crippen molar-refractivity contribution in [3.05, 3.63) is 71.0 Å². The fourth-order valence-corrected chi connectivity index (χ4v) is 5.97. The molecule has 2 aliphatic rings. The van der Waals surface area contributed by atoms with Crippen LogP contribution in [0.4, 0.5) is 4.39 Å². The van der Waals surface area contributed by atoms with Crippen LogP contribution in [-0.2, 0) is 25.8 Å². The highest BCUT2D eigenvalue weighted by atomic mass is 32.2. The summed E-state index contributed by atoms with van der Waals surface area (Å²) in [7, 11) is -3.32. The van der Waals surface area contributed by atoms with E-state index in [-0.39, 0.29) is 36.7 Å². The fraction of sp³-hybridized carbons (Fsp3) is 0.435. The lowest BCUT2D eigenvalue weighted by Gasteiger charge is -2.40. The van der Waals surface area contributed by atoms with Crippen LogP contribution in [0.2, 0.25) is 0 Å². The molecule has 166 valence electrons. The number of carbonyl (C=O) groups is 1. The number of nitrogens with zero attached hydrogens (tertiary/aromatic N) is 1. The minimum Gasteiger partial charge on any atom is -0.367 e. The minimum atomic E-state index is -3.32. The van der Waals surface area contributed by atoms with Crippen molar-refractivity contribution in [2.24, 2.45) is 5.73 Å². The number of ether oxygens (including phenoxy) is 1. The lowest BCUT2D eigenvalue weighted by atomic mass is 9.87. The number of hydrogen-bond donors (Lipinski definition) is 1.